The third-order valence-corrected chi connectivity index (χ3v) is 5.13. The molecule has 5 N–H and O–H groups in total. The molecule has 0 aliphatic heterocycles. The maximum Gasteiger partial charge on any atom is 0.149 e. The number of nitrogens with zero attached hydrogens (tertiary/aromatic N) is 2. The quantitative estimate of drug-likeness (QED) is 0.165. The molecule has 0 saturated heterocycles. The lowest BCUT2D eigenvalue weighted by Crippen LogP contribution is -2.33. The molecule has 4 aromatic rings. The Morgan fingerprint density at radius 1 is 0.848 bits per heavy atom. The summed E-state index contributed by atoms with van der Waals surface area (Å²) in [6.45, 7) is 0.615. The van der Waals surface area contributed by atoms with Crippen LogP contribution in [0.4, 0.5) is 4.39 Å². The SMILES string of the molecule is N/N=C(/Cc1ccccc1COc1ccc(OCc2ccc3cccc(F)c3n2)cc1)NN. The van der Waals surface area contributed by atoms with E-state index < -0.39 is 0 Å². The smallest absolute Gasteiger partial charge is 0.149 e. The number of fused-ring (bicyclic) bond motifs is 1. The summed E-state index contributed by atoms with van der Waals surface area (Å²) in [4.78, 5) is 4.36. The molecule has 4 rings (SSSR count). The molecular weight excluding hydrogens is 421 g/mol. The second-order valence-electron chi connectivity index (χ2n) is 7.33. The summed E-state index contributed by atoms with van der Waals surface area (Å²) < 4.78 is 25.7. The number of nitrogens with two attached hydrogens (primary N) is 2. The van der Waals surface area contributed by atoms with Gasteiger partial charge in [-0.05, 0) is 47.5 Å². The monoisotopic (exact) mass is 445 g/mol. The normalized spacial score (nSPS) is 11.4. The lowest BCUT2D eigenvalue weighted by atomic mass is 10.0. The van der Waals surface area contributed by atoms with Crippen molar-refractivity contribution in [1.29, 1.82) is 0 Å². The van der Waals surface area contributed by atoms with Crippen LogP contribution >= 0.6 is 0 Å². The topological polar surface area (TPSA) is 108 Å². The number of rotatable bonds is 8. The Bertz CT molecular complexity index is 1260. The highest BCUT2D eigenvalue weighted by atomic mass is 19.1. The molecule has 1 heterocycles. The van der Waals surface area contributed by atoms with Crippen molar-refractivity contribution in [3.05, 3.63) is 102 Å². The fourth-order valence-electron chi connectivity index (χ4n) is 3.37. The highest BCUT2D eigenvalue weighted by molar-refractivity contribution is 5.83. The first-order valence-corrected chi connectivity index (χ1v) is 10.4. The first kappa shape index (κ1) is 22.0. The summed E-state index contributed by atoms with van der Waals surface area (Å²) in [6.07, 6.45) is 0.478. The van der Waals surface area contributed by atoms with Gasteiger partial charge in [-0.2, -0.15) is 5.10 Å². The summed E-state index contributed by atoms with van der Waals surface area (Å²) in [5.41, 5.74) is 5.50. The molecule has 33 heavy (non-hydrogen) atoms. The second-order valence-corrected chi connectivity index (χ2v) is 7.33. The molecule has 0 spiro atoms. The van der Waals surface area contributed by atoms with Crippen molar-refractivity contribution in [3.63, 3.8) is 0 Å². The molecule has 0 saturated carbocycles. The lowest BCUT2D eigenvalue weighted by Gasteiger charge is -2.12. The number of para-hydroxylation sites is 1. The van der Waals surface area contributed by atoms with Crippen molar-refractivity contribution >= 4 is 16.7 Å². The number of halogens is 1. The number of ether oxygens (including phenoxy) is 2. The number of hydrazine groups is 1. The van der Waals surface area contributed by atoms with Gasteiger partial charge in [-0.3, -0.25) is 0 Å². The molecule has 168 valence electrons. The van der Waals surface area contributed by atoms with Gasteiger partial charge in [0.2, 0.25) is 0 Å². The average molecular weight is 445 g/mol. The highest BCUT2D eigenvalue weighted by Crippen LogP contribution is 2.21. The number of amidine groups is 1. The van der Waals surface area contributed by atoms with E-state index in [9.17, 15) is 4.39 Å². The Balaban J connectivity index is 1.35. The van der Waals surface area contributed by atoms with E-state index in [-0.39, 0.29) is 12.4 Å². The number of hydrazone groups is 1. The van der Waals surface area contributed by atoms with Gasteiger partial charge in [-0.25, -0.2) is 15.2 Å². The van der Waals surface area contributed by atoms with Crippen LogP contribution in [-0.2, 0) is 19.6 Å². The van der Waals surface area contributed by atoms with Crippen LogP contribution in [-0.4, -0.2) is 10.8 Å². The molecule has 0 bridgehead atoms. The van der Waals surface area contributed by atoms with Crippen LogP contribution in [0.25, 0.3) is 10.9 Å². The summed E-state index contributed by atoms with van der Waals surface area (Å²) in [5.74, 6) is 12.3. The predicted octanol–water partition coefficient (Wildman–Crippen LogP) is 3.81. The van der Waals surface area contributed by atoms with Crippen molar-refractivity contribution in [3.8, 4) is 11.5 Å². The molecule has 0 fully saturated rings. The maximum atomic E-state index is 14.0. The molecule has 8 heteroatoms. The summed E-state index contributed by atoms with van der Waals surface area (Å²) in [7, 11) is 0. The van der Waals surface area contributed by atoms with Gasteiger partial charge in [0.05, 0.1) is 5.69 Å². The van der Waals surface area contributed by atoms with Crippen LogP contribution in [0.15, 0.2) is 84.0 Å². The molecule has 0 aliphatic carbocycles. The Kier molecular flexibility index (Phi) is 6.96. The van der Waals surface area contributed by atoms with Crippen LogP contribution < -0.4 is 26.6 Å². The van der Waals surface area contributed by atoms with Crippen molar-refractivity contribution in [2.45, 2.75) is 19.6 Å². The lowest BCUT2D eigenvalue weighted by molar-refractivity contribution is 0.294. The predicted molar refractivity (Wildman–Crippen MR) is 126 cm³/mol. The minimum Gasteiger partial charge on any atom is -0.489 e. The van der Waals surface area contributed by atoms with Gasteiger partial charge in [0.25, 0.3) is 0 Å². The second kappa shape index (κ2) is 10.4. The van der Waals surface area contributed by atoms with Gasteiger partial charge in [-0.15, -0.1) is 0 Å². The number of hydrogen-bond donors (Lipinski definition) is 3. The fourth-order valence-corrected chi connectivity index (χ4v) is 3.37. The van der Waals surface area contributed by atoms with E-state index in [0.717, 1.165) is 16.5 Å². The number of pyridine rings is 1. The maximum absolute atomic E-state index is 14.0. The zero-order valence-electron chi connectivity index (χ0n) is 17.9. The van der Waals surface area contributed by atoms with E-state index in [1.165, 1.54) is 6.07 Å². The Morgan fingerprint density at radius 3 is 2.24 bits per heavy atom. The van der Waals surface area contributed by atoms with Gasteiger partial charge >= 0.3 is 0 Å². The third-order valence-electron chi connectivity index (χ3n) is 5.13. The van der Waals surface area contributed by atoms with Crippen LogP contribution in [0.5, 0.6) is 11.5 Å². The first-order chi connectivity index (χ1) is 16.2. The number of aromatic nitrogens is 1. The molecule has 0 atom stereocenters. The Morgan fingerprint density at radius 2 is 1.55 bits per heavy atom. The van der Waals surface area contributed by atoms with Gasteiger partial charge < -0.3 is 20.7 Å². The molecule has 0 unspecified atom stereocenters. The summed E-state index contributed by atoms with van der Waals surface area (Å²) >= 11 is 0. The molecule has 0 aliphatic rings. The van der Waals surface area contributed by atoms with E-state index in [2.05, 4.69) is 15.5 Å². The minimum absolute atomic E-state index is 0.234. The van der Waals surface area contributed by atoms with E-state index in [4.69, 9.17) is 21.2 Å². The van der Waals surface area contributed by atoms with Crippen molar-refractivity contribution in [1.82, 2.24) is 10.4 Å². The highest BCUT2D eigenvalue weighted by Gasteiger charge is 2.07. The van der Waals surface area contributed by atoms with Crippen molar-refractivity contribution < 1.29 is 13.9 Å². The zero-order chi connectivity index (χ0) is 23.0. The minimum atomic E-state index is -0.344. The van der Waals surface area contributed by atoms with Crippen LogP contribution in [0.3, 0.4) is 0 Å². The molecule has 3 aromatic carbocycles. The first-order valence-electron chi connectivity index (χ1n) is 10.4. The summed E-state index contributed by atoms with van der Waals surface area (Å²) in [6, 6.07) is 23.7. The Labute approximate surface area is 190 Å². The van der Waals surface area contributed by atoms with Crippen molar-refractivity contribution in [2.24, 2.45) is 16.8 Å². The van der Waals surface area contributed by atoms with Gasteiger partial charge in [0.1, 0.15) is 41.9 Å². The molecule has 0 radical (unpaired) electrons. The van der Waals surface area contributed by atoms with Gasteiger partial charge in [-0.1, -0.05) is 42.5 Å². The largest absolute Gasteiger partial charge is 0.489 e. The van der Waals surface area contributed by atoms with E-state index in [0.29, 0.717) is 41.6 Å². The van der Waals surface area contributed by atoms with Crippen LogP contribution in [0.2, 0.25) is 0 Å². The summed E-state index contributed by atoms with van der Waals surface area (Å²) in [5, 5.41) is 4.39. The van der Waals surface area contributed by atoms with Crippen LogP contribution in [0.1, 0.15) is 16.8 Å². The van der Waals surface area contributed by atoms with Gasteiger partial charge in [0, 0.05) is 11.8 Å². The number of nitrogens with one attached hydrogen (secondary N) is 1. The molecule has 0 amide bonds. The molecule has 1 aromatic heterocycles. The van der Waals surface area contributed by atoms with E-state index in [1.54, 1.807) is 6.07 Å². The standard InChI is InChI=1S/C25H24FN5O2/c26-23-7-3-6-17-8-9-20(29-25(17)23)16-33-22-12-10-21(11-13-22)32-15-19-5-2-1-4-18(19)14-24(30-27)31-28/h1-13H,14-16,27-28H2,(H,30,31). The third kappa shape index (κ3) is 5.55. The number of benzene rings is 3. The zero-order valence-corrected chi connectivity index (χ0v) is 17.9. The molecular formula is C25H24FN5O2. The van der Waals surface area contributed by atoms with Gasteiger partial charge in [0.15, 0.2) is 0 Å². The fraction of sp³-hybridized carbons (Fsp3) is 0.120. The van der Waals surface area contributed by atoms with E-state index >= 15 is 0 Å². The Hall–Kier alpha value is -4.17. The van der Waals surface area contributed by atoms with Crippen molar-refractivity contribution in [2.75, 3.05) is 0 Å². The van der Waals surface area contributed by atoms with Crippen LogP contribution in [0, 0.1) is 5.82 Å². The molecule has 7 nitrogen and oxygen atoms in total. The van der Waals surface area contributed by atoms with E-state index in [1.807, 2.05) is 66.7 Å². The average Bonchev–Trinajstić information content (AvgIpc) is 2.86. The number of hydrogen-bond acceptors (Lipinski definition) is 6.